The molecule has 1 aromatic carbocycles. The van der Waals surface area contributed by atoms with Crippen molar-refractivity contribution in [1.82, 2.24) is 5.32 Å². The third-order valence-corrected chi connectivity index (χ3v) is 4.15. The van der Waals surface area contributed by atoms with Gasteiger partial charge in [0.25, 0.3) is 0 Å². The van der Waals surface area contributed by atoms with E-state index in [9.17, 15) is 4.79 Å². The van der Waals surface area contributed by atoms with Crippen molar-refractivity contribution in [3.8, 4) is 5.75 Å². The molecule has 0 amide bonds. The van der Waals surface area contributed by atoms with E-state index >= 15 is 0 Å². The average molecular weight is 305 g/mol. The second kappa shape index (κ2) is 8.79. The summed E-state index contributed by atoms with van der Waals surface area (Å²) in [5.74, 6) is 0.998. The van der Waals surface area contributed by atoms with Gasteiger partial charge in [0, 0.05) is 12.6 Å². The lowest BCUT2D eigenvalue weighted by Crippen LogP contribution is -2.35. The fourth-order valence-corrected chi connectivity index (χ4v) is 2.97. The molecular formula is C18H27NO3. The average Bonchev–Trinajstić information content (AvgIpc) is 2.54. The van der Waals surface area contributed by atoms with E-state index in [-0.39, 0.29) is 11.9 Å². The molecule has 0 saturated heterocycles. The summed E-state index contributed by atoms with van der Waals surface area (Å²) >= 11 is 0. The van der Waals surface area contributed by atoms with Crippen molar-refractivity contribution in [2.75, 3.05) is 13.2 Å². The summed E-state index contributed by atoms with van der Waals surface area (Å²) in [6.45, 7) is 5.87. The monoisotopic (exact) mass is 305 g/mol. The lowest BCUT2D eigenvalue weighted by molar-refractivity contribution is -0.149. The van der Waals surface area contributed by atoms with E-state index in [4.69, 9.17) is 9.47 Å². The summed E-state index contributed by atoms with van der Waals surface area (Å²) in [5, 5.41) is 3.59. The molecule has 0 aromatic heterocycles. The third kappa shape index (κ3) is 5.02. The van der Waals surface area contributed by atoms with E-state index in [1.165, 1.54) is 5.56 Å². The molecule has 2 rings (SSSR count). The van der Waals surface area contributed by atoms with Gasteiger partial charge in [0.05, 0.1) is 19.1 Å². The highest BCUT2D eigenvalue weighted by atomic mass is 16.5. The Labute approximate surface area is 133 Å². The van der Waals surface area contributed by atoms with E-state index in [0.717, 1.165) is 38.0 Å². The Morgan fingerprint density at radius 3 is 2.64 bits per heavy atom. The maximum absolute atomic E-state index is 11.7. The molecule has 0 unspecified atom stereocenters. The molecule has 1 aliphatic carbocycles. The van der Waals surface area contributed by atoms with Crippen molar-refractivity contribution in [3.05, 3.63) is 29.8 Å². The highest BCUT2D eigenvalue weighted by molar-refractivity contribution is 5.72. The van der Waals surface area contributed by atoms with Gasteiger partial charge in [-0.3, -0.25) is 4.79 Å². The van der Waals surface area contributed by atoms with E-state index in [1.54, 1.807) is 0 Å². The summed E-state index contributed by atoms with van der Waals surface area (Å²) in [6, 6.07) is 8.69. The van der Waals surface area contributed by atoms with Crippen molar-refractivity contribution < 1.29 is 14.3 Å². The van der Waals surface area contributed by atoms with Crippen LogP contribution in [0.25, 0.3) is 0 Å². The standard InChI is InChI=1S/C18H27NO3/c1-3-21-17-7-5-6-14(12-17)13-19-16-10-8-15(9-11-16)18(20)22-4-2/h5-7,12,15-16,19H,3-4,8-11,13H2,1-2H3. The first kappa shape index (κ1) is 16.8. The summed E-state index contributed by atoms with van der Waals surface area (Å²) in [6.07, 6.45) is 3.92. The van der Waals surface area contributed by atoms with Gasteiger partial charge in [-0.25, -0.2) is 0 Å². The van der Waals surface area contributed by atoms with Gasteiger partial charge in [0.15, 0.2) is 0 Å². The van der Waals surface area contributed by atoms with Crippen molar-refractivity contribution in [1.29, 1.82) is 0 Å². The number of carbonyl (C=O) groups excluding carboxylic acids is 1. The first-order valence-corrected chi connectivity index (χ1v) is 8.34. The van der Waals surface area contributed by atoms with Crippen LogP contribution >= 0.6 is 0 Å². The molecule has 22 heavy (non-hydrogen) atoms. The number of nitrogens with one attached hydrogen (secondary N) is 1. The quantitative estimate of drug-likeness (QED) is 0.785. The Bertz CT molecular complexity index is 467. The van der Waals surface area contributed by atoms with Crippen LogP contribution in [-0.2, 0) is 16.1 Å². The zero-order valence-electron chi connectivity index (χ0n) is 13.6. The lowest BCUT2D eigenvalue weighted by Gasteiger charge is -2.28. The minimum Gasteiger partial charge on any atom is -0.494 e. The van der Waals surface area contributed by atoms with E-state index < -0.39 is 0 Å². The number of esters is 1. The number of rotatable bonds is 7. The van der Waals surface area contributed by atoms with Gasteiger partial charge in [-0.2, -0.15) is 0 Å². The molecule has 4 heteroatoms. The number of benzene rings is 1. The molecule has 0 bridgehead atoms. The molecule has 0 radical (unpaired) electrons. The van der Waals surface area contributed by atoms with Crippen LogP contribution in [0.5, 0.6) is 5.75 Å². The Hall–Kier alpha value is -1.55. The van der Waals surface area contributed by atoms with Crippen LogP contribution in [0.15, 0.2) is 24.3 Å². The van der Waals surface area contributed by atoms with Crippen molar-refractivity contribution in [2.24, 2.45) is 5.92 Å². The first-order chi connectivity index (χ1) is 10.7. The van der Waals surface area contributed by atoms with Gasteiger partial charge in [0.1, 0.15) is 5.75 Å². The SMILES string of the molecule is CCOC(=O)C1CCC(NCc2cccc(OCC)c2)CC1. The fraction of sp³-hybridized carbons (Fsp3) is 0.611. The van der Waals surface area contributed by atoms with Gasteiger partial charge in [-0.1, -0.05) is 12.1 Å². The van der Waals surface area contributed by atoms with Crippen LogP contribution < -0.4 is 10.1 Å². The third-order valence-electron chi connectivity index (χ3n) is 4.15. The largest absolute Gasteiger partial charge is 0.494 e. The zero-order chi connectivity index (χ0) is 15.8. The van der Waals surface area contributed by atoms with Crippen molar-refractivity contribution >= 4 is 5.97 Å². The topological polar surface area (TPSA) is 47.6 Å². The number of hydrogen-bond acceptors (Lipinski definition) is 4. The number of ether oxygens (including phenoxy) is 2. The maximum atomic E-state index is 11.7. The van der Waals surface area contributed by atoms with Crippen LogP contribution in [-0.4, -0.2) is 25.2 Å². The Morgan fingerprint density at radius 2 is 1.95 bits per heavy atom. The molecule has 1 aromatic rings. The molecular weight excluding hydrogens is 278 g/mol. The van der Waals surface area contributed by atoms with Crippen molar-refractivity contribution in [2.45, 2.75) is 52.1 Å². The second-order valence-corrected chi connectivity index (χ2v) is 5.76. The van der Waals surface area contributed by atoms with E-state index in [1.807, 2.05) is 26.0 Å². The predicted molar refractivity (Wildman–Crippen MR) is 86.8 cm³/mol. The zero-order valence-corrected chi connectivity index (χ0v) is 13.6. The molecule has 0 heterocycles. The normalized spacial score (nSPS) is 21.4. The van der Waals surface area contributed by atoms with Gasteiger partial charge < -0.3 is 14.8 Å². The smallest absolute Gasteiger partial charge is 0.308 e. The Kier molecular flexibility index (Phi) is 6.72. The minimum absolute atomic E-state index is 0.0228. The molecule has 122 valence electrons. The van der Waals surface area contributed by atoms with E-state index in [0.29, 0.717) is 19.3 Å². The molecule has 4 nitrogen and oxygen atoms in total. The molecule has 0 spiro atoms. The van der Waals surface area contributed by atoms with Crippen LogP contribution in [0.1, 0.15) is 45.1 Å². The molecule has 1 N–H and O–H groups in total. The summed E-state index contributed by atoms with van der Waals surface area (Å²) in [7, 11) is 0. The molecule has 1 aliphatic rings. The highest BCUT2D eigenvalue weighted by Gasteiger charge is 2.26. The Balaban J connectivity index is 1.74. The van der Waals surface area contributed by atoms with Gasteiger partial charge in [-0.05, 0) is 57.2 Å². The summed E-state index contributed by atoms with van der Waals surface area (Å²) in [4.78, 5) is 11.7. The molecule has 0 atom stereocenters. The number of hydrogen-bond donors (Lipinski definition) is 1. The van der Waals surface area contributed by atoms with Crippen LogP contribution in [0.3, 0.4) is 0 Å². The minimum atomic E-state index is -0.0228. The maximum Gasteiger partial charge on any atom is 0.308 e. The van der Waals surface area contributed by atoms with Gasteiger partial charge in [0.2, 0.25) is 0 Å². The van der Waals surface area contributed by atoms with Crippen LogP contribution in [0.4, 0.5) is 0 Å². The molecule has 0 aliphatic heterocycles. The number of carbonyl (C=O) groups is 1. The predicted octanol–water partition coefficient (Wildman–Crippen LogP) is 3.30. The highest BCUT2D eigenvalue weighted by Crippen LogP contribution is 2.25. The van der Waals surface area contributed by atoms with E-state index in [2.05, 4.69) is 17.4 Å². The molecule has 1 fully saturated rings. The first-order valence-electron chi connectivity index (χ1n) is 8.34. The summed E-state index contributed by atoms with van der Waals surface area (Å²) in [5.41, 5.74) is 1.23. The van der Waals surface area contributed by atoms with Crippen LogP contribution in [0, 0.1) is 5.92 Å². The second-order valence-electron chi connectivity index (χ2n) is 5.76. The van der Waals surface area contributed by atoms with Crippen molar-refractivity contribution in [3.63, 3.8) is 0 Å². The Morgan fingerprint density at radius 1 is 1.18 bits per heavy atom. The molecule has 1 saturated carbocycles. The van der Waals surface area contributed by atoms with Crippen LogP contribution in [0.2, 0.25) is 0 Å². The van der Waals surface area contributed by atoms with Gasteiger partial charge in [-0.15, -0.1) is 0 Å². The fourth-order valence-electron chi connectivity index (χ4n) is 2.97. The lowest BCUT2D eigenvalue weighted by atomic mass is 9.86. The summed E-state index contributed by atoms with van der Waals surface area (Å²) < 4.78 is 10.6. The van der Waals surface area contributed by atoms with Gasteiger partial charge >= 0.3 is 5.97 Å².